The normalized spacial score (nSPS) is 26.5. The highest BCUT2D eigenvalue weighted by molar-refractivity contribution is 7.18. The fourth-order valence-electron chi connectivity index (χ4n) is 2.87. The summed E-state index contributed by atoms with van der Waals surface area (Å²) in [5, 5.41) is 4.16. The first-order valence-corrected chi connectivity index (χ1v) is 8.68. The van der Waals surface area contributed by atoms with E-state index in [9.17, 15) is 4.79 Å². The minimum absolute atomic E-state index is 0.0467. The van der Waals surface area contributed by atoms with Gasteiger partial charge in [-0.1, -0.05) is 25.2 Å². The highest BCUT2D eigenvalue weighted by atomic mass is 32.1. The summed E-state index contributed by atoms with van der Waals surface area (Å²) in [5.74, 6) is 1.65. The Morgan fingerprint density at radius 3 is 2.71 bits per heavy atom. The molecule has 2 atom stereocenters. The number of likely N-dealkylation sites (tertiary alicyclic amines) is 1. The van der Waals surface area contributed by atoms with Gasteiger partial charge in [-0.2, -0.15) is 0 Å². The molecule has 116 valence electrons. The lowest BCUT2D eigenvalue weighted by Crippen LogP contribution is -2.42. The van der Waals surface area contributed by atoms with E-state index < -0.39 is 0 Å². The number of rotatable bonds is 3. The molecule has 6 heteroatoms. The van der Waals surface area contributed by atoms with Gasteiger partial charge in [0.1, 0.15) is 10.7 Å². The maximum atomic E-state index is 12.6. The third kappa shape index (κ3) is 3.00. The van der Waals surface area contributed by atoms with Gasteiger partial charge in [0.15, 0.2) is 5.13 Å². The molecule has 1 amide bonds. The Morgan fingerprint density at radius 2 is 2.10 bits per heavy atom. The molecule has 2 fully saturated rings. The average Bonchev–Trinajstić information content (AvgIpc) is 2.77. The van der Waals surface area contributed by atoms with Crippen LogP contribution < -0.4 is 11.1 Å². The van der Waals surface area contributed by atoms with Crippen molar-refractivity contribution in [3.63, 3.8) is 0 Å². The zero-order chi connectivity index (χ0) is 15.0. The summed E-state index contributed by atoms with van der Waals surface area (Å²) in [5.41, 5.74) is 5.96. The topological polar surface area (TPSA) is 71.2 Å². The first-order chi connectivity index (χ1) is 10.0. The van der Waals surface area contributed by atoms with Crippen molar-refractivity contribution in [1.82, 2.24) is 9.88 Å². The van der Waals surface area contributed by atoms with Gasteiger partial charge in [-0.25, -0.2) is 4.98 Å². The van der Waals surface area contributed by atoms with Crippen LogP contribution in [0.5, 0.6) is 0 Å². The molecular formula is C15H24N4OS. The summed E-state index contributed by atoms with van der Waals surface area (Å²) in [4.78, 5) is 19.5. The Morgan fingerprint density at radius 1 is 1.33 bits per heavy atom. The predicted molar refractivity (Wildman–Crippen MR) is 86.6 cm³/mol. The van der Waals surface area contributed by atoms with Crippen LogP contribution in [0.1, 0.15) is 49.2 Å². The van der Waals surface area contributed by atoms with Crippen molar-refractivity contribution in [1.29, 1.82) is 0 Å². The number of piperidine rings is 1. The Kier molecular flexibility index (Phi) is 4.06. The van der Waals surface area contributed by atoms with E-state index in [-0.39, 0.29) is 5.91 Å². The number of hydrogen-bond acceptors (Lipinski definition) is 5. The molecule has 1 aromatic rings. The second-order valence-electron chi connectivity index (χ2n) is 6.50. The fourth-order valence-corrected chi connectivity index (χ4v) is 3.79. The Hall–Kier alpha value is -1.30. The molecule has 1 saturated carbocycles. The maximum absolute atomic E-state index is 12.6. The largest absolute Gasteiger partial charge is 0.382 e. The molecular weight excluding hydrogens is 284 g/mol. The summed E-state index contributed by atoms with van der Waals surface area (Å²) in [7, 11) is 0. The Labute approximate surface area is 129 Å². The summed E-state index contributed by atoms with van der Waals surface area (Å²) in [6.45, 7) is 6.12. The molecule has 2 unspecified atom stereocenters. The molecule has 2 aliphatic rings. The molecule has 5 nitrogen and oxygen atoms in total. The van der Waals surface area contributed by atoms with Crippen LogP contribution >= 0.6 is 11.3 Å². The first-order valence-electron chi connectivity index (χ1n) is 7.86. The number of nitrogen functional groups attached to an aromatic ring is 1. The number of nitrogens with zero attached hydrogens (tertiary/aromatic N) is 2. The molecule has 0 aromatic carbocycles. The van der Waals surface area contributed by atoms with E-state index in [1.165, 1.54) is 30.6 Å². The smallest absolute Gasteiger partial charge is 0.267 e. The molecule has 0 bridgehead atoms. The number of anilines is 2. The van der Waals surface area contributed by atoms with Gasteiger partial charge in [0.25, 0.3) is 5.91 Å². The van der Waals surface area contributed by atoms with Gasteiger partial charge >= 0.3 is 0 Å². The van der Waals surface area contributed by atoms with Gasteiger partial charge in [0.05, 0.1) is 0 Å². The van der Waals surface area contributed by atoms with Crippen molar-refractivity contribution in [2.45, 2.75) is 45.6 Å². The van der Waals surface area contributed by atoms with Crippen LogP contribution in [0.4, 0.5) is 10.9 Å². The number of carbonyl (C=O) groups excluding carboxylic acids is 1. The van der Waals surface area contributed by atoms with E-state index in [1.807, 2.05) is 4.90 Å². The van der Waals surface area contributed by atoms with E-state index in [2.05, 4.69) is 24.1 Å². The van der Waals surface area contributed by atoms with Crippen LogP contribution in [0.2, 0.25) is 0 Å². The zero-order valence-corrected chi connectivity index (χ0v) is 13.6. The van der Waals surface area contributed by atoms with Crippen LogP contribution in [0.3, 0.4) is 0 Å². The molecule has 1 saturated heterocycles. The molecule has 1 aliphatic heterocycles. The lowest BCUT2D eigenvalue weighted by molar-refractivity contribution is 0.0633. The summed E-state index contributed by atoms with van der Waals surface area (Å²) < 4.78 is 0. The van der Waals surface area contributed by atoms with Crippen LogP contribution in [0.25, 0.3) is 0 Å². The molecule has 2 heterocycles. The van der Waals surface area contributed by atoms with Crippen molar-refractivity contribution in [2.75, 3.05) is 24.1 Å². The minimum Gasteiger partial charge on any atom is -0.382 e. The van der Waals surface area contributed by atoms with Crippen molar-refractivity contribution >= 4 is 28.2 Å². The predicted octanol–water partition coefficient (Wildman–Crippen LogP) is 2.81. The van der Waals surface area contributed by atoms with Crippen molar-refractivity contribution < 1.29 is 4.79 Å². The lowest BCUT2D eigenvalue weighted by Gasteiger charge is -2.35. The Bertz CT molecular complexity index is 526. The first kappa shape index (κ1) is 14.6. The van der Waals surface area contributed by atoms with Crippen molar-refractivity contribution in [3.8, 4) is 0 Å². The highest BCUT2D eigenvalue weighted by Gasteiger charge is 2.29. The molecule has 0 radical (unpaired) electrons. The molecule has 0 spiro atoms. The van der Waals surface area contributed by atoms with E-state index in [0.29, 0.717) is 28.6 Å². The van der Waals surface area contributed by atoms with E-state index >= 15 is 0 Å². The fraction of sp³-hybridized carbons (Fsp3) is 0.733. The van der Waals surface area contributed by atoms with Gasteiger partial charge in [-0.3, -0.25) is 4.79 Å². The van der Waals surface area contributed by atoms with Gasteiger partial charge in [-0.05, 0) is 37.5 Å². The third-order valence-electron chi connectivity index (χ3n) is 4.90. The van der Waals surface area contributed by atoms with Gasteiger partial charge in [0.2, 0.25) is 0 Å². The summed E-state index contributed by atoms with van der Waals surface area (Å²) >= 11 is 1.40. The van der Waals surface area contributed by atoms with E-state index in [0.717, 1.165) is 24.6 Å². The quantitative estimate of drug-likeness (QED) is 0.900. The number of nitrogens with two attached hydrogens (primary N) is 1. The lowest BCUT2D eigenvalue weighted by atomic mass is 9.88. The van der Waals surface area contributed by atoms with Gasteiger partial charge in [-0.15, -0.1) is 0 Å². The SMILES string of the molecule is CC1CCN(C(=O)c2sc(NC3CCC3)nc2N)CC1C. The molecule has 3 rings (SSSR count). The summed E-state index contributed by atoms with van der Waals surface area (Å²) in [6, 6.07) is 0.509. The van der Waals surface area contributed by atoms with E-state index in [4.69, 9.17) is 5.73 Å². The minimum atomic E-state index is 0.0467. The second kappa shape index (κ2) is 5.83. The number of hydrogen-bond donors (Lipinski definition) is 2. The number of aromatic nitrogens is 1. The van der Waals surface area contributed by atoms with Crippen LogP contribution in [0.15, 0.2) is 0 Å². The van der Waals surface area contributed by atoms with Crippen molar-refractivity contribution in [2.24, 2.45) is 11.8 Å². The van der Waals surface area contributed by atoms with E-state index in [1.54, 1.807) is 0 Å². The Balaban J connectivity index is 1.69. The van der Waals surface area contributed by atoms with Crippen LogP contribution in [0, 0.1) is 11.8 Å². The molecule has 1 aliphatic carbocycles. The maximum Gasteiger partial charge on any atom is 0.267 e. The van der Waals surface area contributed by atoms with Crippen LogP contribution in [-0.4, -0.2) is 34.9 Å². The zero-order valence-electron chi connectivity index (χ0n) is 12.8. The van der Waals surface area contributed by atoms with Crippen LogP contribution in [-0.2, 0) is 0 Å². The number of thiazole rings is 1. The number of amides is 1. The third-order valence-corrected chi connectivity index (χ3v) is 5.89. The summed E-state index contributed by atoms with van der Waals surface area (Å²) in [6.07, 6.45) is 4.71. The molecule has 3 N–H and O–H groups in total. The standard InChI is InChI=1S/C15H24N4OS/c1-9-6-7-19(8-10(9)2)14(20)12-13(16)18-15(21-12)17-11-4-3-5-11/h9-11H,3-8,16H2,1-2H3,(H,17,18). The molecule has 21 heavy (non-hydrogen) atoms. The average molecular weight is 308 g/mol. The van der Waals surface area contributed by atoms with Crippen molar-refractivity contribution in [3.05, 3.63) is 4.88 Å². The number of carbonyl (C=O) groups is 1. The van der Waals surface area contributed by atoms with Gasteiger partial charge < -0.3 is 16.0 Å². The molecule has 1 aromatic heterocycles. The monoisotopic (exact) mass is 308 g/mol. The highest BCUT2D eigenvalue weighted by Crippen LogP contribution is 2.31. The number of nitrogens with one attached hydrogen (secondary N) is 1. The van der Waals surface area contributed by atoms with Gasteiger partial charge in [0, 0.05) is 19.1 Å². The second-order valence-corrected chi connectivity index (χ2v) is 7.50.